The Bertz CT molecular complexity index is 380. The monoisotopic (exact) mass is 264 g/mol. The van der Waals surface area contributed by atoms with Gasteiger partial charge in [-0.05, 0) is 33.1 Å². The van der Waals surface area contributed by atoms with E-state index in [9.17, 15) is 10.1 Å². The van der Waals surface area contributed by atoms with Gasteiger partial charge in [0.05, 0.1) is 17.7 Å². The van der Waals surface area contributed by atoms with Gasteiger partial charge in [-0.15, -0.1) is 0 Å². The number of hydrogen-bond acceptors (Lipinski definition) is 3. The lowest BCUT2D eigenvalue weighted by Crippen LogP contribution is -2.55. The molecule has 0 aromatic heterocycles. The van der Waals surface area contributed by atoms with Gasteiger partial charge in [-0.25, -0.2) is 0 Å². The highest BCUT2D eigenvalue weighted by Crippen LogP contribution is 2.36. The Labute approximate surface area is 115 Å². The molecule has 0 spiro atoms. The maximum absolute atomic E-state index is 12.6. The SMILES string of the molecule is CC1OCCC1(C)NC(=O)C1(C#N)CCCCCC1. The Hall–Kier alpha value is -1.08. The lowest BCUT2D eigenvalue weighted by atomic mass is 9.79. The summed E-state index contributed by atoms with van der Waals surface area (Å²) in [5, 5.41) is 12.6. The number of nitriles is 1. The van der Waals surface area contributed by atoms with E-state index in [0.29, 0.717) is 19.4 Å². The second kappa shape index (κ2) is 5.50. The van der Waals surface area contributed by atoms with Crippen molar-refractivity contribution in [1.82, 2.24) is 5.32 Å². The third kappa shape index (κ3) is 2.76. The number of ether oxygens (including phenoxy) is 1. The molecule has 2 unspecified atom stereocenters. The highest BCUT2D eigenvalue weighted by molar-refractivity contribution is 5.86. The predicted molar refractivity (Wildman–Crippen MR) is 72.3 cm³/mol. The Morgan fingerprint density at radius 3 is 2.37 bits per heavy atom. The number of carbonyl (C=O) groups is 1. The summed E-state index contributed by atoms with van der Waals surface area (Å²) in [6, 6.07) is 2.31. The predicted octanol–water partition coefficient (Wildman–Crippen LogP) is 2.53. The van der Waals surface area contributed by atoms with E-state index in [1.165, 1.54) is 0 Å². The molecule has 1 aliphatic heterocycles. The highest BCUT2D eigenvalue weighted by atomic mass is 16.5. The van der Waals surface area contributed by atoms with Crippen molar-refractivity contribution in [3.05, 3.63) is 0 Å². The van der Waals surface area contributed by atoms with Gasteiger partial charge in [-0.1, -0.05) is 25.7 Å². The second-order valence-electron chi connectivity index (χ2n) is 6.24. The number of carbonyl (C=O) groups excluding carboxylic acids is 1. The van der Waals surface area contributed by atoms with Gasteiger partial charge in [-0.2, -0.15) is 5.26 Å². The van der Waals surface area contributed by atoms with Gasteiger partial charge >= 0.3 is 0 Å². The number of rotatable bonds is 2. The standard InChI is InChI=1S/C15H24N2O2/c1-12-14(2,9-10-19-12)17-13(18)15(11-16)7-5-3-4-6-8-15/h12H,3-10H2,1-2H3,(H,17,18). The molecule has 19 heavy (non-hydrogen) atoms. The maximum Gasteiger partial charge on any atom is 0.240 e. The highest BCUT2D eigenvalue weighted by Gasteiger charge is 2.45. The Balaban J connectivity index is 2.10. The molecular formula is C15H24N2O2. The van der Waals surface area contributed by atoms with Crippen LogP contribution in [0.4, 0.5) is 0 Å². The summed E-state index contributed by atoms with van der Waals surface area (Å²) in [5.74, 6) is -0.0863. The minimum atomic E-state index is -0.818. The molecule has 2 fully saturated rings. The lowest BCUT2D eigenvalue weighted by Gasteiger charge is -2.33. The van der Waals surface area contributed by atoms with Crippen molar-refractivity contribution in [3.63, 3.8) is 0 Å². The van der Waals surface area contributed by atoms with Crippen LogP contribution in [-0.2, 0) is 9.53 Å². The first-order chi connectivity index (χ1) is 9.02. The summed E-state index contributed by atoms with van der Waals surface area (Å²) in [6.45, 7) is 4.68. The molecule has 1 saturated heterocycles. The summed E-state index contributed by atoms with van der Waals surface area (Å²) in [4.78, 5) is 12.6. The first-order valence-corrected chi connectivity index (χ1v) is 7.38. The van der Waals surface area contributed by atoms with E-state index in [1.807, 2.05) is 13.8 Å². The molecule has 4 nitrogen and oxygen atoms in total. The van der Waals surface area contributed by atoms with Crippen LogP contribution in [0.2, 0.25) is 0 Å². The van der Waals surface area contributed by atoms with Gasteiger partial charge in [-0.3, -0.25) is 4.79 Å². The van der Waals surface area contributed by atoms with E-state index < -0.39 is 5.41 Å². The molecule has 2 aliphatic rings. The largest absolute Gasteiger partial charge is 0.376 e. The summed E-state index contributed by atoms with van der Waals surface area (Å²) < 4.78 is 5.55. The van der Waals surface area contributed by atoms with E-state index in [1.54, 1.807) is 0 Å². The third-order valence-corrected chi connectivity index (χ3v) is 4.89. The molecule has 2 rings (SSSR count). The number of amides is 1. The number of hydrogen-bond donors (Lipinski definition) is 1. The van der Waals surface area contributed by atoms with Crippen LogP contribution in [0.15, 0.2) is 0 Å². The van der Waals surface area contributed by atoms with Crippen molar-refractivity contribution in [2.24, 2.45) is 5.41 Å². The van der Waals surface area contributed by atoms with E-state index in [4.69, 9.17) is 4.74 Å². The van der Waals surface area contributed by atoms with Crippen LogP contribution < -0.4 is 5.32 Å². The van der Waals surface area contributed by atoms with E-state index >= 15 is 0 Å². The minimum Gasteiger partial charge on any atom is -0.376 e. The molecule has 106 valence electrons. The fourth-order valence-corrected chi connectivity index (χ4v) is 3.10. The van der Waals surface area contributed by atoms with Crippen LogP contribution in [0.25, 0.3) is 0 Å². The minimum absolute atomic E-state index is 0.0120. The van der Waals surface area contributed by atoms with Crippen molar-refractivity contribution in [1.29, 1.82) is 5.26 Å². The maximum atomic E-state index is 12.6. The third-order valence-electron chi connectivity index (χ3n) is 4.89. The van der Waals surface area contributed by atoms with Crippen molar-refractivity contribution in [3.8, 4) is 6.07 Å². The first-order valence-electron chi connectivity index (χ1n) is 7.38. The van der Waals surface area contributed by atoms with Crippen LogP contribution >= 0.6 is 0 Å². The van der Waals surface area contributed by atoms with Gasteiger partial charge in [0.1, 0.15) is 5.41 Å². The molecule has 1 amide bonds. The van der Waals surface area contributed by atoms with Crippen molar-refractivity contribution >= 4 is 5.91 Å². The quantitative estimate of drug-likeness (QED) is 0.780. The molecule has 0 aromatic carbocycles. The zero-order valence-corrected chi connectivity index (χ0v) is 12.0. The summed E-state index contributed by atoms with van der Waals surface area (Å²) in [7, 11) is 0. The van der Waals surface area contributed by atoms with Crippen molar-refractivity contribution < 1.29 is 9.53 Å². The van der Waals surface area contributed by atoms with Crippen LogP contribution in [0.3, 0.4) is 0 Å². The fourth-order valence-electron chi connectivity index (χ4n) is 3.10. The zero-order valence-electron chi connectivity index (χ0n) is 12.0. The zero-order chi connectivity index (χ0) is 13.9. The molecule has 0 aromatic rings. The summed E-state index contributed by atoms with van der Waals surface area (Å²) in [6.07, 6.45) is 6.44. The van der Waals surface area contributed by atoms with Crippen LogP contribution in [0, 0.1) is 16.7 Å². The molecule has 1 saturated carbocycles. The summed E-state index contributed by atoms with van der Waals surface area (Å²) in [5.41, 5.74) is -1.14. The molecule has 0 bridgehead atoms. The van der Waals surface area contributed by atoms with E-state index in [0.717, 1.165) is 32.1 Å². The van der Waals surface area contributed by atoms with Gasteiger partial charge in [0, 0.05) is 6.61 Å². The van der Waals surface area contributed by atoms with Crippen molar-refractivity contribution in [2.45, 2.75) is 70.4 Å². The molecule has 4 heteroatoms. The van der Waals surface area contributed by atoms with Crippen LogP contribution in [0.1, 0.15) is 58.8 Å². The molecule has 0 radical (unpaired) electrons. The van der Waals surface area contributed by atoms with Gasteiger partial charge in [0.15, 0.2) is 0 Å². The normalized spacial score (nSPS) is 34.3. The van der Waals surface area contributed by atoms with Gasteiger partial charge < -0.3 is 10.1 Å². The second-order valence-corrected chi connectivity index (χ2v) is 6.24. The topological polar surface area (TPSA) is 62.1 Å². The lowest BCUT2D eigenvalue weighted by molar-refractivity contribution is -0.131. The van der Waals surface area contributed by atoms with Gasteiger partial charge in [0.25, 0.3) is 0 Å². The number of nitrogens with one attached hydrogen (secondary N) is 1. The smallest absolute Gasteiger partial charge is 0.240 e. The Morgan fingerprint density at radius 1 is 1.26 bits per heavy atom. The average molecular weight is 264 g/mol. The van der Waals surface area contributed by atoms with Gasteiger partial charge in [0.2, 0.25) is 5.91 Å². The molecule has 1 aliphatic carbocycles. The Morgan fingerprint density at radius 2 is 1.89 bits per heavy atom. The van der Waals surface area contributed by atoms with Crippen LogP contribution in [-0.4, -0.2) is 24.2 Å². The number of nitrogens with zero attached hydrogens (tertiary/aromatic N) is 1. The summed E-state index contributed by atoms with van der Waals surface area (Å²) >= 11 is 0. The molecule has 2 atom stereocenters. The Kier molecular flexibility index (Phi) is 4.15. The fraction of sp³-hybridized carbons (Fsp3) is 0.867. The molecular weight excluding hydrogens is 240 g/mol. The molecule has 1 N–H and O–H groups in total. The van der Waals surface area contributed by atoms with Crippen LogP contribution in [0.5, 0.6) is 0 Å². The van der Waals surface area contributed by atoms with E-state index in [-0.39, 0.29) is 17.6 Å². The van der Waals surface area contributed by atoms with E-state index in [2.05, 4.69) is 11.4 Å². The first kappa shape index (κ1) is 14.3. The average Bonchev–Trinajstić information content (AvgIpc) is 2.61. The van der Waals surface area contributed by atoms with Crippen molar-refractivity contribution in [2.75, 3.05) is 6.61 Å². The molecule has 1 heterocycles.